The minimum absolute atomic E-state index is 0.337. The smallest absolute Gasteiger partial charge is 0.146 e. The fraction of sp³-hybridized carbons (Fsp3) is 0.583. The van der Waals surface area contributed by atoms with E-state index in [2.05, 4.69) is 16.8 Å². The molecule has 0 aromatic carbocycles. The molecular formula is C12H17NOS. The third kappa shape index (κ3) is 4.14. The lowest BCUT2D eigenvalue weighted by Crippen LogP contribution is -2.25. The van der Waals surface area contributed by atoms with Gasteiger partial charge in [-0.1, -0.05) is 6.07 Å². The van der Waals surface area contributed by atoms with E-state index in [4.69, 9.17) is 0 Å². The number of rotatable bonds is 7. The average molecular weight is 223 g/mol. The van der Waals surface area contributed by atoms with E-state index in [-0.39, 0.29) is 0 Å². The third-order valence-electron chi connectivity index (χ3n) is 2.68. The highest BCUT2D eigenvalue weighted by Crippen LogP contribution is 2.27. The van der Waals surface area contributed by atoms with Gasteiger partial charge in [0.05, 0.1) is 6.54 Å². The quantitative estimate of drug-likeness (QED) is 0.768. The topological polar surface area (TPSA) is 29.1 Å². The van der Waals surface area contributed by atoms with Crippen LogP contribution in [0.2, 0.25) is 0 Å². The first-order valence-electron chi connectivity index (χ1n) is 5.59. The zero-order valence-corrected chi connectivity index (χ0v) is 9.69. The molecule has 1 aromatic heterocycles. The number of carbonyl (C=O) groups excluding carboxylic acids is 1. The van der Waals surface area contributed by atoms with Crippen LogP contribution in [0.1, 0.15) is 24.1 Å². The van der Waals surface area contributed by atoms with Crippen LogP contribution in [0, 0.1) is 5.92 Å². The summed E-state index contributed by atoms with van der Waals surface area (Å²) < 4.78 is 0. The molecule has 1 saturated carbocycles. The Hall–Kier alpha value is -0.670. The first-order valence-corrected chi connectivity index (χ1v) is 6.47. The predicted octanol–water partition coefficient (Wildman–Crippen LogP) is 2.25. The standard InChI is InChI=1S/C12H17NOS/c14-11(9-13-8-10-3-4-10)5-6-12-2-1-7-15-12/h1-2,7,10,13H,3-6,8-9H2. The van der Waals surface area contributed by atoms with Gasteiger partial charge >= 0.3 is 0 Å². The summed E-state index contributed by atoms with van der Waals surface area (Å²) in [5, 5.41) is 5.29. The molecule has 1 N–H and O–H groups in total. The van der Waals surface area contributed by atoms with E-state index in [1.165, 1.54) is 17.7 Å². The summed E-state index contributed by atoms with van der Waals surface area (Å²) in [7, 11) is 0. The van der Waals surface area contributed by atoms with Crippen molar-refractivity contribution >= 4 is 17.1 Å². The number of nitrogens with one attached hydrogen (secondary N) is 1. The summed E-state index contributed by atoms with van der Waals surface area (Å²) in [6.07, 6.45) is 4.27. The summed E-state index contributed by atoms with van der Waals surface area (Å²) in [4.78, 5) is 12.8. The van der Waals surface area contributed by atoms with Crippen LogP contribution in [0.15, 0.2) is 17.5 Å². The molecule has 0 amide bonds. The van der Waals surface area contributed by atoms with Crippen molar-refractivity contribution in [1.29, 1.82) is 0 Å². The molecule has 2 nitrogen and oxygen atoms in total. The highest BCUT2D eigenvalue weighted by molar-refractivity contribution is 7.09. The summed E-state index contributed by atoms with van der Waals surface area (Å²) in [6.45, 7) is 1.59. The van der Waals surface area contributed by atoms with Crippen LogP contribution in [0.5, 0.6) is 0 Å². The molecule has 0 aliphatic heterocycles. The van der Waals surface area contributed by atoms with Gasteiger partial charge in [-0.05, 0) is 43.2 Å². The fourth-order valence-corrected chi connectivity index (χ4v) is 2.25. The van der Waals surface area contributed by atoms with Crippen LogP contribution in [-0.2, 0) is 11.2 Å². The van der Waals surface area contributed by atoms with E-state index < -0.39 is 0 Å². The molecule has 0 spiro atoms. The van der Waals surface area contributed by atoms with E-state index in [9.17, 15) is 4.79 Å². The number of thiophene rings is 1. The van der Waals surface area contributed by atoms with Gasteiger partial charge in [0.1, 0.15) is 5.78 Å². The first-order chi connectivity index (χ1) is 7.34. The number of hydrogen-bond donors (Lipinski definition) is 1. The molecule has 82 valence electrons. The van der Waals surface area contributed by atoms with E-state index in [0.717, 1.165) is 18.9 Å². The van der Waals surface area contributed by atoms with E-state index in [1.54, 1.807) is 11.3 Å². The Balaban J connectivity index is 1.55. The Morgan fingerprint density at radius 2 is 2.40 bits per heavy atom. The molecule has 1 aliphatic carbocycles. The predicted molar refractivity (Wildman–Crippen MR) is 63.2 cm³/mol. The highest BCUT2D eigenvalue weighted by Gasteiger charge is 2.20. The molecule has 0 unspecified atom stereocenters. The van der Waals surface area contributed by atoms with Crippen molar-refractivity contribution in [1.82, 2.24) is 5.32 Å². The Morgan fingerprint density at radius 3 is 3.07 bits per heavy atom. The number of ketones is 1. The van der Waals surface area contributed by atoms with Crippen molar-refractivity contribution in [2.45, 2.75) is 25.7 Å². The fourth-order valence-electron chi connectivity index (χ4n) is 1.54. The van der Waals surface area contributed by atoms with Gasteiger partial charge in [0, 0.05) is 11.3 Å². The first kappa shape index (κ1) is 10.8. The van der Waals surface area contributed by atoms with E-state index in [1.807, 2.05) is 6.07 Å². The minimum atomic E-state index is 0.337. The maximum absolute atomic E-state index is 11.5. The van der Waals surface area contributed by atoms with Crippen LogP contribution in [-0.4, -0.2) is 18.9 Å². The second-order valence-corrected chi connectivity index (χ2v) is 5.22. The molecule has 15 heavy (non-hydrogen) atoms. The lowest BCUT2D eigenvalue weighted by Gasteiger charge is -2.02. The van der Waals surface area contributed by atoms with Gasteiger partial charge in [-0.3, -0.25) is 4.79 Å². The summed E-state index contributed by atoms with van der Waals surface area (Å²) in [5.41, 5.74) is 0. The molecule has 1 heterocycles. The molecule has 2 rings (SSSR count). The number of hydrogen-bond acceptors (Lipinski definition) is 3. The monoisotopic (exact) mass is 223 g/mol. The van der Waals surface area contributed by atoms with Crippen LogP contribution in [0.3, 0.4) is 0 Å². The Morgan fingerprint density at radius 1 is 1.53 bits per heavy atom. The normalized spacial score (nSPS) is 15.5. The van der Waals surface area contributed by atoms with Gasteiger partial charge in [0.2, 0.25) is 0 Å². The van der Waals surface area contributed by atoms with Gasteiger partial charge < -0.3 is 5.32 Å². The number of carbonyl (C=O) groups is 1. The molecule has 1 fully saturated rings. The Labute approximate surface area is 94.7 Å². The maximum Gasteiger partial charge on any atom is 0.146 e. The molecule has 1 aliphatic rings. The summed E-state index contributed by atoms with van der Waals surface area (Å²) in [5.74, 6) is 1.19. The van der Waals surface area contributed by atoms with Crippen LogP contribution in [0.25, 0.3) is 0 Å². The van der Waals surface area contributed by atoms with Crippen molar-refractivity contribution in [2.75, 3.05) is 13.1 Å². The average Bonchev–Trinajstić information content (AvgIpc) is 2.91. The Kier molecular flexibility index (Phi) is 3.92. The van der Waals surface area contributed by atoms with E-state index >= 15 is 0 Å². The molecule has 0 radical (unpaired) electrons. The number of Topliss-reactive ketones (excluding diaryl/α,β-unsaturated/α-hetero) is 1. The molecule has 3 heteroatoms. The lowest BCUT2D eigenvalue weighted by molar-refractivity contribution is -0.118. The maximum atomic E-state index is 11.5. The molecule has 0 atom stereocenters. The van der Waals surface area contributed by atoms with Crippen molar-refractivity contribution in [3.63, 3.8) is 0 Å². The largest absolute Gasteiger partial charge is 0.310 e. The van der Waals surface area contributed by atoms with Gasteiger partial charge in [0.25, 0.3) is 0 Å². The van der Waals surface area contributed by atoms with E-state index in [0.29, 0.717) is 18.7 Å². The van der Waals surface area contributed by atoms with Crippen LogP contribution < -0.4 is 5.32 Å². The second kappa shape index (κ2) is 5.42. The molecule has 1 aromatic rings. The zero-order valence-electron chi connectivity index (χ0n) is 8.87. The molecule has 0 bridgehead atoms. The highest BCUT2D eigenvalue weighted by atomic mass is 32.1. The Bertz CT molecular complexity index is 303. The molecular weight excluding hydrogens is 206 g/mol. The van der Waals surface area contributed by atoms with Crippen LogP contribution in [0.4, 0.5) is 0 Å². The SMILES string of the molecule is O=C(CCc1cccs1)CNCC1CC1. The van der Waals surface area contributed by atoms with Crippen molar-refractivity contribution in [3.8, 4) is 0 Å². The van der Waals surface area contributed by atoms with Crippen molar-refractivity contribution in [3.05, 3.63) is 22.4 Å². The zero-order chi connectivity index (χ0) is 10.5. The van der Waals surface area contributed by atoms with Gasteiger partial charge in [0.15, 0.2) is 0 Å². The van der Waals surface area contributed by atoms with Crippen LogP contribution >= 0.6 is 11.3 Å². The summed E-state index contributed by atoms with van der Waals surface area (Å²) in [6, 6.07) is 4.13. The minimum Gasteiger partial charge on any atom is -0.310 e. The number of aryl methyl sites for hydroxylation is 1. The lowest BCUT2D eigenvalue weighted by atomic mass is 10.2. The van der Waals surface area contributed by atoms with Gasteiger partial charge in [-0.25, -0.2) is 0 Å². The van der Waals surface area contributed by atoms with Crippen molar-refractivity contribution < 1.29 is 4.79 Å². The summed E-state index contributed by atoms with van der Waals surface area (Å²) >= 11 is 1.73. The van der Waals surface area contributed by atoms with Gasteiger partial charge in [-0.15, -0.1) is 11.3 Å². The second-order valence-electron chi connectivity index (χ2n) is 4.19. The molecule has 0 saturated heterocycles. The van der Waals surface area contributed by atoms with Gasteiger partial charge in [-0.2, -0.15) is 0 Å². The van der Waals surface area contributed by atoms with Crippen molar-refractivity contribution in [2.24, 2.45) is 5.92 Å². The third-order valence-corrected chi connectivity index (χ3v) is 3.62.